The minimum atomic E-state index is -3.65. The molecule has 112 valence electrons. The fraction of sp³-hybridized carbons (Fsp3) is 0.455. The summed E-state index contributed by atoms with van der Waals surface area (Å²) >= 11 is 3.19. The fourth-order valence-electron chi connectivity index (χ4n) is 1.52. The van der Waals surface area contributed by atoms with Crippen LogP contribution in [0, 0.1) is 0 Å². The highest BCUT2D eigenvalue weighted by Gasteiger charge is 2.19. The van der Waals surface area contributed by atoms with Crippen LogP contribution in [0.15, 0.2) is 21.6 Å². The summed E-state index contributed by atoms with van der Waals surface area (Å²) in [4.78, 5) is 14.6. The number of hydrogen-bond acceptors (Lipinski definition) is 5. The Morgan fingerprint density at radius 1 is 1.45 bits per heavy atom. The second kappa shape index (κ2) is 7.55. The number of pyridine rings is 1. The van der Waals surface area contributed by atoms with Gasteiger partial charge in [0.05, 0.1) is 0 Å². The summed E-state index contributed by atoms with van der Waals surface area (Å²) in [6, 6.07) is 1.48. The number of anilines is 1. The molecule has 0 aromatic carbocycles. The third-order valence-corrected chi connectivity index (χ3v) is 4.40. The standard InChI is InChI=1S/C11H17BrN4O3S/c1-14-11-9(6-8(12)7-15-11)20(18,19)16-5-3-2-4-10(13)17/h6-7,16H,2-5H2,1H3,(H2,13,17)(H,14,15). The summed E-state index contributed by atoms with van der Waals surface area (Å²) in [5.41, 5.74) is 5.01. The number of nitrogens with one attached hydrogen (secondary N) is 2. The van der Waals surface area contributed by atoms with Crippen LogP contribution < -0.4 is 15.8 Å². The molecule has 0 unspecified atom stereocenters. The predicted octanol–water partition coefficient (Wildman–Crippen LogP) is 0.820. The Hall–Kier alpha value is -1.19. The normalized spacial score (nSPS) is 11.3. The molecule has 7 nitrogen and oxygen atoms in total. The molecular formula is C11H17BrN4O3S. The van der Waals surface area contributed by atoms with Crippen molar-refractivity contribution >= 4 is 37.7 Å². The maximum absolute atomic E-state index is 12.2. The lowest BCUT2D eigenvalue weighted by Crippen LogP contribution is -2.26. The summed E-state index contributed by atoms with van der Waals surface area (Å²) in [5.74, 6) is -0.112. The van der Waals surface area contributed by atoms with E-state index in [1.54, 1.807) is 7.05 Å². The highest BCUT2D eigenvalue weighted by Crippen LogP contribution is 2.22. The smallest absolute Gasteiger partial charge is 0.244 e. The third-order valence-electron chi connectivity index (χ3n) is 2.49. The SMILES string of the molecule is CNc1ncc(Br)cc1S(=O)(=O)NCCCCC(N)=O. The van der Waals surface area contributed by atoms with E-state index in [-0.39, 0.29) is 29.6 Å². The van der Waals surface area contributed by atoms with Gasteiger partial charge < -0.3 is 11.1 Å². The number of carbonyl (C=O) groups excluding carboxylic acids is 1. The van der Waals surface area contributed by atoms with Gasteiger partial charge in [-0.25, -0.2) is 18.1 Å². The Labute approximate surface area is 126 Å². The minimum absolute atomic E-state index is 0.0734. The van der Waals surface area contributed by atoms with Crippen LogP contribution in [0.4, 0.5) is 5.82 Å². The van der Waals surface area contributed by atoms with Gasteiger partial charge >= 0.3 is 0 Å². The number of aromatic nitrogens is 1. The molecule has 0 saturated heterocycles. The van der Waals surface area contributed by atoms with Crippen LogP contribution in [0.2, 0.25) is 0 Å². The number of nitrogens with zero attached hydrogens (tertiary/aromatic N) is 1. The molecule has 0 saturated carbocycles. The first-order valence-corrected chi connectivity index (χ1v) is 8.25. The number of primary amides is 1. The lowest BCUT2D eigenvalue weighted by atomic mass is 10.2. The Kier molecular flexibility index (Phi) is 6.37. The van der Waals surface area contributed by atoms with Gasteiger partial charge in [-0.2, -0.15) is 0 Å². The van der Waals surface area contributed by atoms with Crippen molar-refractivity contribution in [3.8, 4) is 0 Å². The van der Waals surface area contributed by atoms with Crippen LogP contribution in [0.5, 0.6) is 0 Å². The van der Waals surface area contributed by atoms with Gasteiger partial charge in [0.1, 0.15) is 10.7 Å². The zero-order valence-electron chi connectivity index (χ0n) is 11.0. The van der Waals surface area contributed by atoms with Gasteiger partial charge in [0, 0.05) is 30.7 Å². The van der Waals surface area contributed by atoms with Gasteiger partial charge in [0.25, 0.3) is 0 Å². The van der Waals surface area contributed by atoms with Crippen LogP contribution in [0.1, 0.15) is 19.3 Å². The predicted molar refractivity (Wildman–Crippen MR) is 79.7 cm³/mol. The Morgan fingerprint density at radius 3 is 2.75 bits per heavy atom. The highest BCUT2D eigenvalue weighted by atomic mass is 79.9. The van der Waals surface area contributed by atoms with Gasteiger partial charge in [-0.1, -0.05) is 0 Å². The molecule has 0 aliphatic carbocycles. The summed E-state index contributed by atoms with van der Waals surface area (Å²) in [7, 11) is -2.05. The maximum Gasteiger partial charge on any atom is 0.244 e. The van der Waals surface area contributed by atoms with Gasteiger partial charge in [0.2, 0.25) is 15.9 Å². The van der Waals surface area contributed by atoms with Crippen molar-refractivity contribution < 1.29 is 13.2 Å². The summed E-state index contributed by atoms with van der Waals surface area (Å²) in [5, 5.41) is 2.73. The van der Waals surface area contributed by atoms with E-state index in [1.165, 1.54) is 12.3 Å². The topological polar surface area (TPSA) is 114 Å². The number of rotatable bonds is 8. The Balaban J connectivity index is 2.69. The van der Waals surface area contributed by atoms with Gasteiger partial charge in [0.15, 0.2) is 0 Å². The largest absolute Gasteiger partial charge is 0.372 e. The summed E-state index contributed by atoms with van der Waals surface area (Å²) < 4.78 is 27.4. The Morgan fingerprint density at radius 2 is 2.15 bits per heavy atom. The van der Waals surface area contributed by atoms with Gasteiger partial charge in [-0.15, -0.1) is 0 Å². The zero-order chi connectivity index (χ0) is 15.2. The molecule has 0 spiro atoms. The van der Waals surface area contributed by atoms with Crippen LogP contribution in [0.25, 0.3) is 0 Å². The number of nitrogens with two attached hydrogens (primary N) is 1. The van der Waals surface area contributed by atoms with Crippen LogP contribution in [-0.2, 0) is 14.8 Å². The molecule has 0 radical (unpaired) electrons. The van der Waals surface area contributed by atoms with Crippen LogP contribution in [0.3, 0.4) is 0 Å². The lowest BCUT2D eigenvalue weighted by molar-refractivity contribution is -0.118. The molecule has 0 bridgehead atoms. The fourth-order valence-corrected chi connectivity index (χ4v) is 3.26. The minimum Gasteiger partial charge on any atom is -0.372 e. The van der Waals surface area contributed by atoms with Crippen molar-refractivity contribution in [3.63, 3.8) is 0 Å². The quantitative estimate of drug-likeness (QED) is 0.590. The average Bonchev–Trinajstić information content (AvgIpc) is 2.37. The maximum atomic E-state index is 12.2. The van der Waals surface area contributed by atoms with E-state index in [2.05, 4.69) is 31.0 Å². The Bertz CT molecular complexity index is 577. The van der Waals surface area contributed by atoms with Crippen molar-refractivity contribution in [1.82, 2.24) is 9.71 Å². The van der Waals surface area contributed by atoms with Crippen molar-refractivity contribution in [3.05, 3.63) is 16.7 Å². The molecule has 1 rings (SSSR count). The molecule has 0 atom stereocenters. The first-order valence-electron chi connectivity index (χ1n) is 5.98. The summed E-state index contributed by atoms with van der Waals surface area (Å²) in [6.45, 7) is 0.241. The number of halogens is 1. The zero-order valence-corrected chi connectivity index (χ0v) is 13.4. The monoisotopic (exact) mass is 364 g/mol. The molecule has 1 aromatic rings. The molecule has 0 aliphatic heterocycles. The average molecular weight is 365 g/mol. The number of amides is 1. The number of unbranched alkanes of at least 4 members (excludes halogenated alkanes) is 1. The molecule has 1 amide bonds. The third kappa shape index (κ3) is 5.06. The van der Waals surface area contributed by atoms with E-state index in [0.29, 0.717) is 17.3 Å². The molecule has 20 heavy (non-hydrogen) atoms. The molecule has 1 heterocycles. The molecule has 0 fully saturated rings. The van der Waals surface area contributed by atoms with Gasteiger partial charge in [-0.05, 0) is 34.8 Å². The lowest BCUT2D eigenvalue weighted by Gasteiger charge is -2.10. The number of hydrogen-bond donors (Lipinski definition) is 3. The van der Waals surface area contributed by atoms with E-state index >= 15 is 0 Å². The highest BCUT2D eigenvalue weighted by molar-refractivity contribution is 9.10. The van der Waals surface area contributed by atoms with Crippen LogP contribution >= 0.6 is 15.9 Å². The van der Waals surface area contributed by atoms with E-state index < -0.39 is 10.0 Å². The number of sulfonamides is 1. The second-order valence-electron chi connectivity index (χ2n) is 4.07. The van der Waals surface area contributed by atoms with Crippen molar-refractivity contribution in [2.75, 3.05) is 18.9 Å². The first-order chi connectivity index (χ1) is 9.36. The van der Waals surface area contributed by atoms with Crippen molar-refractivity contribution in [2.45, 2.75) is 24.2 Å². The first kappa shape index (κ1) is 16.9. The molecule has 0 aliphatic rings. The second-order valence-corrected chi connectivity index (χ2v) is 6.72. The van der Waals surface area contributed by atoms with Crippen molar-refractivity contribution in [2.24, 2.45) is 5.73 Å². The summed E-state index contributed by atoms with van der Waals surface area (Å²) in [6.07, 6.45) is 2.85. The van der Waals surface area contributed by atoms with Gasteiger partial charge in [-0.3, -0.25) is 4.79 Å². The van der Waals surface area contributed by atoms with Crippen LogP contribution in [-0.4, -0.2) is 32.9 Å². The molecule has 1 aromatic heterocycles. The molecule has 4 N–H and O–H groups in total. The van der Waals surface area contributed by atoms with E-state index in [0.717, 1.165) is 0 Å². The molecular weight excluding hydrogens is 348 g/mol. The van der Waals surface area contributed by atoms with E-state index in [1.807, 2.05) is 0 Å². The molecule has 9 heteroatoms. The van der Waals surface area contributed by atoms with Crippen molar-refractivity contribution in [1.29, 1.82) is 0 Å². The number of carbonyl (C=O) groups is 1. The van der Waals surface area contributed by atoms with E-state index in [9.17, 15) is 13.2 Å². The van der Waals surface area contributed by atoms with E-state index in [4.69, 9.17) is 5.73 Å².